The fourth-order valence-electron chi connectivity index (χ4n) is 1.36. The van der Waals surface area contributed by atoms with E-state index in [0.29, 0.717) is 13.0 Å². The Bertz CT molecular complexity index is 213. The molecule has 0 fully saturated rings. The fraction of sp³-hybridized carbons (Fsp3) is 0.818. The van der Waals surface area contributed by atoms with Crippen LogP contribution in [0, 0.1) is 11.3 Å². The van der Waals surface area contributed by atoms with E-state index in [4.69, 9.17) is 16.9 Å². The summed E-state index contributed by atoms with van der Waals surface area (Å²) < 4.78 is 0. The zero-order chi connectivity index (χ0) is 11.5. The van der Waals surface area contributed by atoms with Crippen LogP contribution in [0.1, 0.15) is 39.0 Å². The Balaban J connectivity index is 3.80. The third-order valence-electron chi connectivity index (χ3n) is 2.24. The molecule has 0 unspecified atom stereocenters. The summed E-state index contributed by atoms with van der Waals surface area (Å²) in [7, 11) is 0. The van der Waals surface area contributed by atoms with Crippen molar-refractivity contribution >= 4 is 17.5 Å². The molecule has 1 amide bonds. The van der Waals surface area contributed by atoms with Crippen LogP contribution in [0.2, 0.25) is 0 Å². The monoisotopic (exact) mass is 230 g/mol. The number of carbonyl (C=O) groups excluding carboxylic acids is 1. The Morgan fingerprint density at radius 1 is 1.33 bits per heavy atom. The average molecular weight is 231 g/mol. The van der Waals surface area contributed by atoms with Crippen molar-refractivity contribution in [3.8, 4) is 6.07 Å². The van der Waals surface area contributed by atoms with E-state index in [9.17, 15) is 4.79 Å². The summed E-state index contributed by atoms with van der Waals surface area (Å²) in [4.78, 5) is 13.1. The SMILES string of the molecule is CCCCCCN(CCC#N)C(=O)CCl. The second kappa shape index (κ2) is 9.79. The Labute approximate surface area is 97.0 Å². The predicted molar refractivity (Wildman–Crippen MR) is 61.7 cm³/mol. The summed E-state index contributed by atoms with van der Waals surface area (Å²) in [5.41, 5.74) is 0. The van der Waals surface area contributed by atoms with Gasteiger partial charge in [-0.2, -0.15) is 5.26 Å². The van der Waals surface area contributed by atoms with Crippen LogP contribution in [0.15, 0.2) is 0 Å². The minimum atomic E-state index is -0.0663. The molecule has 0 N–H and O–H groups in total. The van der Waals surface area contributed by atoms with Gasteiger partial charge in [-0.25, -0.2) is 0 Å². The molecular weight excluding hydrogens is 212 g/mol. The molecule has 15 heavy (non-hydrogen) atoms. The molecule has 0 radical (unpaired) electrons. The molecule has 0 saturated carbocycles. The van der Waals surface area contributed by atoms with E-state index in [2.05, 4.69) is 6.92 Å². The quantitative estimate of drug-likeness (QED) is 0.475. The van der Waals surface area contributed by atoms with E-state index in [1.807, 2.05) is 6.07 Å². The topological polar surface area (TPSA) is 44.1 Å². The molecule has 0 aliphatic heterocycles. The lowest BCUT2D eigenvalue weighted by molar-refractivity contribution is -0.128. The maximum atomic E-state index is 11.4. The molecule has 0 rings (SSSR count). The van der Waals surface area contributed by atoms with Crippen LogP contribution in [-0.2, 0) is 4.79 Å². The zero-order valence-electron chi connectivity index (χ0n) is 9.34. The van der Waals surface area contributed by atoms with Gasteiger partial charge in [-0.1, -0.05) is 26.2 Å². The first kappa shape index (κ1) is 14.2. The molecule has 0 saturated heterocycles. The smallest absolute Gasteiger partial charge is 0.237 e. The molecular formula is C11H19ClN2O. The van der Waals surface area contributed by atoms with E-state index in [1.165, 1.54) is 12.8 Å². The van der Waals surface area contributed by atoms with Gasteiger partial charge in [0.2, 0.25) is 5.91 Å². The van der Waals surface area contributed by atoms with Crippen LogP contribution >= 0.6 is 11.6 Å². The number of hydrogen-bond donors (Lipinski definition) is 0. The van der Waals surface area contributed by atoms with Gasteiger partial charge in [0.05, 0.1) is 12.5 Å². The van der Waals surface area contributed by atoms with Gasteiger partial charge in [-0.15, -0.1) is 11.6 Å². The Morgan fingerprint density at radius 2 is 2.07 bits per heavy atom. The molecule has 0 aromatic heterocycles. The van der Waals surface area contributed by atoms with Crippen molar-refractivity contribution in [1.29, 1.82) is 5.26 Å². The van der Waals surface area contributed by atoms with Crippen molar-refractivity contribution in [3.05, 3.63) is 0 Å². The highest BCUT2D eigenvalue weighted by Gasteiger charge is 2.10. The van der Waals surface area contributed by atoms with Crippen LogP contribution in [0.25, 0.3) is 0 Å². The number of nitrogens with zero attached hydrogens (tertiary/aromatic N) is 2. The molecule has 86 valence electrons. The summed E-state index contributed by atoms with van der Waals surface area (Å²) in [5.74, 6) is -0.0532. The van der Waals surface area contributed by atoms with Crippen LogP contribution in [0.3, 0.4) is 0 Å². The van der Waals surface area contributed by atoms with Gasteiger partial charge in [0.15, 0.2) is 0 Å². The fourth-order valence-corrected chi connectivity index (χ4v) is 1.53. The summed E-state index contributed by atoms with van der Waals surface area (Å²) in [6, 6.07) is 2.04. The normalized spacial score (nSPS) is 9.67. The maximum Gasteiger partial charge on any atom is 0.237 e. The predicted octanol–water partition coefficient (Wildman–Crippen LogP) is 2.55. The molecule has 0 aliphatic carbocycles. The maximum absolute atomic E-state index is 11.4. The Hall–Kier alpha value is -0.750. The highest BCUT2D eigenvalue weighted by Crippen LogP contribution is 2.03. The number of unbranched alkanes of at least 4 members (excludes halogenated alkanes) is 3. The van der Waals surface area contributed by atoms with E-state index in [0.717, 1.165) is 19.4 Å². The van der Waals surface area contributed by atoms with Crippen LogP contribution in [-0.4, -0.2) is 29.8 Å². The Morgan fingerprint density at radius 3 is 2.60 bits per heavy atom. The van der Waals surface area contributed by atoms with Gasteiger partial charge in [-0.05, 0) is 6.42 Å². The molecule has 0 spiro atoms. The van der Waals surface area contributed by atoms with Gasteiger partial charge in [0.25, 0.3) is 0 Å². The van der Waals surface area contributed by atoms with Gasteiger partial charge in [-0.3, -0.25) is 4.79 Å². The Kier molecular flexibility index (Phi) is 9.30. The second-order valence-corrected chi connectivity index (χ2v) is 3.75. The first-order valence-electron chi connectivity index (χ1n) is 5.47. The van der Waals surface area contributed by atoms with Crippen molar-refractivity contribution in [1.82, 2.24) is 4.90 Å². The van der Waals surface area contributed by atoms with Crippen molar-refractivity contribution in [2.45, 2.75) is 39.0 Å². The largest absolute Gasteiger partial charge is 0.341 e. The van der Waals surface area contributed by atoms with Crippen LogP contribution in [0.4, 0.5) is 0 Å². The highest BCUT2D eigenvalue weighted by molar-refractivity contribution is 6.27. The number of rotatable bonds is 8. The molecule has 3 nitrogen and oxygen atoms in total. The number of amides is 1. The van der Waals surface area contributed by atoms with E-state index in [1.54, 1.807) is 4.90 Å². The number of hydrogen-bond acceptors (Lipinski definition) is 2. The summed E-state index contributed by atoms with van der Waals surface area (Å²) >= 11 is 5.49. The molecule has 0 aromatic rings. The second-order valence-electron chi connectivity index (χ2n) is 3.48. The van der Waals surface area contributed by atoms with Crippen LogP contribution in [0.5, 0.6) is 0 Å². The minimum Gasteiger partial charge on any atom is -0.341 e. The molecule has 0 aromatic carbocycles. The van der Waals surface area contributed by atoms with Gasteiger partial charge in [0, 0.05) is 13.1 Å². The van der Waals surface area contributed by atoms with Gasteiger partial charge >= 0.3 is 0 Å². The van der Waals surface area contributed by atoms with Crippen molar-refractivity contribution < 1.29 is 4.79 Å². The molecule has 0 bridgehead atoms. The highest BCUT2D eigenvalue weighted by atomic mass is 35.5. The lowest BCUT2D eigenvalue weighted by Gasteiger charge is -2.20. The molecule has 0 heterocycles. The molecule has 0 atom stereocenters. The first-order chi connectivity index (χ1) is 7.26. The first-order valence-corrected chi connectivity index (χ1v) is 6.00. The average Bonchev–Trinajstić information content (AvgIpc) is 2.27. The van der Waals surface area contributed by atoms with Crippen LogP contribution < -0.4 is 0 Å². The van der Waals surface area contributed by atoms with E-state index < -0.39 is 0 Å². The number of nitriles is 1. The zero-order valence-corrected chi connectivity index (χ0v) is 10.1. The van der Waals surface area contributed by atoms with Crippen molar-refractivity contribution in [3.63, 3.8) is 0 Å². The summed E-state index contributed by atoms with van der Waals surface area (Å²) in [5, 5.41) is 8.46. The third-order valence-corrected chi connectivity index (χ3v) is 2.47. The van der Waals surface area contributed by atoms with Crippen molar-refractivity contribution in [2.24, 2.45) is 0 Å². The summed E-state index contributed by atoms with van der Waals surface area (Å²) in [6.07, 6.45) is 4.90. The van der Waals surface area contributed by atoms with E-state index >= 15 is 0 Å². The number of halogens is 1. The minimum absolute atomic E-state index is 0.0131. The molecule has 0 aliphatic rings. The van der Waals surface area contributed by atoms with E-state index in [-0.39, 0.29) is 11.8 Å². The summed E-state index contributed by atoms with van der Waals surface area (Å²) in [6.45, 7) is 3.39. The lowest BCUT2D eigenvalue weighted by Crippen LogP contribution is -2.33. The third kappa shape index (κ3) is 7.21. The number of carbonyl (C=O) groups is 1. The number of alkyl halides is 1. The van der Waals surface area contributed by atoms with Gasteiger partial charge < -0.3 is 4.90 Å². The lowest BCUT2D eigenvalue weighted by atomic mass is 10.2. The molecule has 4 heteroatoms. The standard InChI is InChI=1S/C11H19ClN2O/c1-2-3-4-5-8-14(9-6-7-13)11(15)10-12/h2-6,8-10H2,1H3. The van der Waals surface area contributed by atoms with Gasteiger partial charge in [0.1, 0.15) is 5.88 Å². The van der Waals surface area contributed by atoms with Crippen molar-refractivity contribution in [2.75, 3.05) is 19.0 Å².